The molecule has 0 saturated carbocycles. The Morgan fingerprint density at radius 3 is 2.52 bits per heavy atom. The molecule has 0 radical (unpaired) electrons. The van der Waals surface area contributed by atoms with Gasteiger partial charge in [0.1, 0.15) is 0 Å². The Bertz CT molecular complexity index is 946. The van der Waals surface area contributed by atoms with Crippen LogP contribution in [0.3, 0.4) is 0 Å². The third kappa shape index (κ3) is 4.45. The number of hydrogen-bond acceptors (Lipinski definition) is 5. The molecule has 0 aliphatic carbocycles. The summed E-state index contributed by atoms with van der Waals surface area (Å²) >= 11 is 0. The average molecular weight is 393 g/mol. The summed E-state index contributed by atoms with van der Waals surface area (Å²) < 4.78 is 0. The van der Waals surface area contributed by atoms with Crippen molar-refractivity contribution in [2.24, 2.45) is 5.73 Å². The number of benzene rings is 1. The fourth-order valence-corrected chi connectivity index (χ4v) is 3.60. The van der Waals surface area contributed by atoms with E-state index in [0.29, 0.717) is 30.2 Å². The molecule has 7 nitrogen and oxygen atoms in total. The van der Waals surface area contributed by atoms with Crippen molar-refractivity contribution in [3.05, 3.63) is 53.9 Å². The van der Waals surface area contributed by atoms with Crippen LogP contribution in [-0.4, -0.2) is 53.9 Å². The lowest BCUT2D eigenvalue weighted by molar-refractivity contribution is -0.128. The number of aromatic nitrogens is 2. The van der Waals surface area contributed by atoms with Crippen LogP contribution in [0.5, 0.6) is 0 Å². The number of nitrogens with two attached hydrogens (primary N) is 1. The highest BCUT2D eigenvalue weighted by atomic mass is 16.2. The number of nitrogens with zero attached hydrogens (tertiary/aromatic N) is 4. The van der Waals surface area contributed by atoms with E-state index in [-0.39, 0.29) is 11.8 Å². The van der Waals surface area contributed by atoms with Gasteiger partial charge in [0.15, 0.2) is 0 Å². The van der Waals surface area contributed by atoms with Crippen molar-refractivity contribution in [3.63, 3.8) is 0 Å². The first-order valence-corrected chi connectivity index (χ1v) is 9.67. The fourth-order valence-electron chi connectivity index (χ4n) is 3.60. The van der Waals surface area contributed by atoms with Crippen molar-refractivity contribution in [1.29, 1.82) is 0 Å². The molecule has 1 aliphatic rings. The van der Waals surface area contributed by atoms with Gasteiger partial charge >= 0.3 is 0 Å². The largest absolute Gasteiger partial charge is 0.366 e. The molecule has 152 valence electrons. The Morgan fingerprint density at radius 1 is 1.24 bits per heavy atom. The number of anilines is 1. The van der Waals surface area contributed by atoms with Crippen molar-refractivity contribution in [1.82, 2.24) is 14.9 Å². The molecule has 2 heterocycles. The maximum Gasteiger partial charge on any atom is 0.248 e. The second-order valence-electron chi connectivity index (χ2n) is 7.66. The summed E-state index contributed by atoms with van der Waals surface area (Å²) in [5.41, 5.74) is 9.16. The Balaban J connectivity index is 1.96. The molecule has 2 aromatic rings. The predicted octanol–water partition coefficient (Wildman–Crippen LogP) is 2.59. The first-order valence-electron chi connectivity index (χ1n) is 9.67. The summed E-state index contributed by atoms with van der Waals surface area (Å²) in [5, 5.41) is 0. The number of likely N-dealkylation sites (tertiary alicyclic amines) is 1. The van der Waals surface area contributed by atoms with E-state index in [1.165, 1.54) is 0 Å². The van der Waals surface area contributed by atoms with Crippen LogP contribution < -0.4 is 10.6 Å². The van der Waals surface area contributed by atoms with Gasteiger partial charge in [0.05, 0.1) is 5.69 Å². The summed E-state index contributed by atoms with van der Waals surface area (Å²) in [6.07, 6.45) is 3.43. The predicted molar refractivity (Wildman–Crippen MR) is 114 cm³/mol. The van der Waals surface area contributed by atoms with E-state index in [2.05, 4.69) is 11.6 Å². The third-order valence-electron chi connectivity index (χ3n) is 5.20. The molecule has 1 aliphatic heterocycles. The molecule has 2 amide bonds. The smallest absolute Gasteiger partial charge is 0.248 e. The van der Waals surface area contributed by atoms with Gasteiger partial charge in [-0.25, -0.2) is 9.97 Å². The van der Waals surface area contributed by atoms with Crippen molar-refractivity contribution < 1.29 is 9.59 Å². The van der Waals surface area contributed by atoms with Crippen LogP contribution in [0.25, 0.3) is 11.1 Å². The number of hydrogen-bond donors (Lipinski definition) is 1. The number of rotatable bonds is 5. The lowest BCUT2D eigenvalue weighted by Crippen LogP contribution is -2.38. The number of amides is 2. The van der Waals surface area contributed by atoms with Gasteiger partial charge in [-0.1, -0.05) is 18.7 Å². The SMILES string of the molecule is C=C(C)C(=O)N1CCC(c2nc(N(C)C)ncc2-c2cccc(C(N)=O)c2)CC1. The zero-order valence-electron chi connectivity index (χ0n) is 17.2. The summed E-state index contributed by atoms with van der Waals surface area (Å²) in [5.74, 6) is 0.369. The van der Waals surface area contributed by atoms with Crippen LogP contribution in [0.2, 0.25) is 0 Å². The zero-order valence-corrected chi connectivity index (χ0v) is 17.2. The molecule has 3 rings (SSSR count). The second kappa shape index (κ2) is 8.43. The van der Waals surface area contributed by atoms with Gasteiger partial charge in [-0.2, -0.15) is 0 Å². The van der Waals surface area contributed by atoms with Gasteiger partial charge < -0.3 is 15.5 Å². The lowest BCUT2D eigenvalue weighted by Gasteiger charge is -2.33. The number of carbonyl (C=O) groups excluding carboxylic acids is 2. The highest BCUT2D eigenvalue weighted by Crippen LogP contribution is 2.35. The van der Waals surface area contributed by atoms with E-state index in [4.69, 9.17) is 10.7 Å². The molecule has 0 unspecified atom stereocenters. The van der Waals surface area contributed by atoms with E-state index in [1.807, 2.05) is 42.2 Å². The van der Waals surface area contributed by atoms with Crippen LogP contribution in [0.15, 0.2) is 42.6 Å². The highest BCUT2D eigenvalue weighted by Gasteiger charge is 2.27. The molecule has 2 N–H and O–H groups in total. The quantitative estimate of drug-likeness (QED) is 0.788. The minimum atomic E-state index is -0.467. The molecule has 1 aromatic heterocycles. The molecule has 1 aromatic carbocycles. The molecule has 1 fully saturated rings. The van der Waals surface area contributed by atoms with Gasteiger partial charge in [-0.15, -0.1) is 0 Å². The number of carbonyl (C=O) groups is 2. The fraction of sp³-hybridized carbons (Fsp3) is 0.364. The van der Waals surface area contributed by atoms with E-state index >= 15 is 0 Å². The first kappa shape index (κ1) is 20.5. The summed E-state index contributed by atoms with van der Waals surface area (Å²) in [4.78, 5) is 36.9. The van der Waals surface area contributed by atoms with Crippen LogP contribution >= 0.6 is 0 Å². The summed E-state index contributed by atoms with van der Waals surface area (Å²) in [7, 11) is 3.81. The van der Waals surface area contributed by atoms with Gasteiger partial charge in [0.25, 0.3) is 0 Å². The highest BCUT2D eigenvalue weighted by molar-refractivity contribution is 5.94. The lowest BCUT2D eigenvalue weighted by atomic mass is 9.88. The van der Waals surface area contributed by atoms with Crippen LogP contribution in [0.1, 0.15) is 41.7 Å². The molecule has 0 bridgehead atoms. The Morgan fingerprint density at radius 2 is 1.93 bits per heavy atom. The van der Waals surface area contributed by atoms with Gasteiger partial charge in [0.2, 0.25) is 17.8 Å². The third-order valence-corrected chi connectivity index (χ3v) is 5.20. The first-order chi connectivity index (χ1) is 13.8. The van der Waals surface area contributed by atoms with Gasteiger partial charge in [-0.3, -0.25) is 9.59 Å². The number of piperidine rings is 1. The Hall–Kier alpha value is -3.22. The van der Waals surface area contributed by atoms with Crippen molar-refractivity contribution in [3.8, 4) is 11.1 Å². The maximum absolute atomic E-state index is 12.2. The molecular weight excluding hydrogens is 366 g/mol. The van der Waals surface area contributed by atoms with Crippen LogP contribution in [-0.2, 0) is 4.79 Å². The van der Waals surface area contributed by atoms with Crippen molar-refractivity contribution >= 4 is 17.8 Å². The topological polar surface area (TPSA) is 92.4 Å². The van der Waals surface area contributed by atoms with E-state index in [9.17, 15) is 9.59 Å². The van der Waals surface area contributed by atoms with Gasteiger partial charge in [0, 0.05) is 56.0 Å². The van der Waals surface area contributed by atoms with Crippen LogP contribution in [0.4, 0.5) is 5.95 Å². The monoisotopic (exact) mass is 393 g/mol. The van der Waals surface area contributed by atoms with Crippen molar-refractivity contribution in [2.45, 2.75) is 25.7 Å². The molecular formula is C22H27N5O2. The Kier molecular flexibility index (Phi) is 5.96. The van der Waals surface area contributed by atoms with Crippen LogP contribution in [0, 0.1) is 0 Å². The zero-order chi connectivity index (χ0) is 21.1. The van der Waals surface area contributed by atoms with E-state index < -0.39 is 5.91 Å². The molecule has 0 atom stereocenters. The average Bonchev–Trinajstić information content (AvgIpc) is 2.72. The molecule has 7 heteroatoms. The van der Waals surface area contributed by atoms with Gasteiger partial charge in [-0.05, 0) is 37.5 Å². The number of primary amides is 1. The minimum Gasteiger partial charge on any atom is -0.366 e. The Labute approximate surface area is 171 Å². The normalized spacial score (nSPS) is 14.5. The molecule has 29 heavy (non-hydrogen) atoms. The summed E-state index contributed by atoms with van der Waals surface area (Å²) in [6, 6.07) is 7.22. The summed E-state index contributed by atoms with van der Waals surface area (Å²) in [6.45, 7) is 6.83. The van der Waals surface area contributed by atoms with E-state index in [0.717, 1.165) is 29.7 Å². The van der Waals surface area contributed by atoms with Crippen molar-refractivity contribution in [2.75, 3.05) is 32.1 Å². The second-order valence-corrected chi connectivity index (χ2v) is 7.66. The standard InChI is InChI=1S/C22H27N5O2/c1-14(2)21(29)27-10-8-15(9-11-27)19-18(13-24-22(25-19)26(3)4)16-6-5-7-17(12-16)20(23)28/h5-7,12-13,15H,1,8-11H2,2-4H3,(H2,23,28). The minimum absolute atomic E-state index is 0.00880. The molecule has 1 saturated heterocycles. The van der Waals surface area contributed by atoms with E-state index in [1.54, 1.807) is 19.1 Å². The molecule has 0 spiro atoms. The maximum atomic E-state index is 12.2.